The molecule has 1 rings (SSSR count). The van der Waals surface area contributed by atoms with Gasteiger partial charge in [-0.2, -0.15) is 0 Å². The molecule has 0 amide bonds. The van der Waals surface area contributed by atoms with Gasteiger partial charge in [-0.3, -0.25) is 0 Å². The molecule has 1 unspecified atom stereocenters. The van der Waals surface area contributed by atoms with Crippen LogP contribution in [-0.4, -0.2) is 18.3 Å². The van der Waals surface area contributed by atoms with Crippen molar-refractivity contribution in [3.8, 4) is 0 Å². The van der Waals surface area contributed by atoms with Gasteiger partial charge in [0.1, 0.15) is 6.10 Å². The van der Waals surface area contributed by atoms with E-state index in [1.54, 1.807) is 6.08 Å². The summed E-state index contributed by atoms with van der Waals surface area (Å²) in [5, 5.41) is 8.62. The highest BCUT2D eigenvalue weighted by Crippen LogP contribution is 2.17. The highest BCUT2D eigenvalue weighted by molar-refractivity contribution is 5.20. The number of hydrogen-bond acceptors (Lipinski definition) is 2. The van der Waals surface area contributed by atoms with Crippen molar-refractivity contribution in [3.05, 3.63) is 48.6 Å². The number of aliphatic hydroxyl groups is 1. The van der Waals surface area contributed by atoms with E-state index in [2.05, 4.69) is 6.58 Å². The normalized spacial score (nSPS) is 12.4. The highest BCUT2D eigenvalue weighted by atomic mass is 16.5. The minimum atomic E-state index is -0.0669. The van der Waals surface area contributed by atoms with E-state index in [1.165, 1.54) is 0 Å². The van der Waals surface area contributed by atoms with Gasteiger partial charge >= 0.3 is 0 Å². The fraction of sp³-hybridized carbons (Fsp3) is 0.333. The van der Waals surface area contributed by atoms with Crippen molar-refractivity contribution >= 4 is 0 Å². The minimum absolute atomic E-state index is 0.0669. The van der Waals surface area contributed by atoms with Crippen LogP contribution < -0.4 is 0 Å². The molecule has 1 aromatic carbocycles. The zero-order valence-electron chi connectivity index (χ0n) is 8.23. The maximum Gasteiger partial charge on any atom is 0.100 e. The van der Waals surface area contributed by atoms with Crippen LogP contribution in [0.4, 0.5) is 0 Å². The first-order chi connectivity index (χ1) is 6.88. The third-order valence-electron chi connectivity index (χ3n) is 1.94. The Hall–Kier alpha value is -1.12. The molecular formula is C12H16O2. The molecule has 0 radical (unpaired) electrons. The smallest absolute Gasteiger partial charge is 0.100 e. The summed E-state index contributed by atoms with van der Waals surface area (Å²) >= 11 is 0. The molecule has 0 aliphatic rings. The van der Waals surface area contributed by atoms with Gasteiger partial charge < -0.3 is 9.84 Å². The van der Waals surface area contributed by atoms with E-state index < -0.39 is 0 Å². The Labute approximate surface area is 84.8 Å². The lowest BCUT2D eigenvalue weighted by Crippen LogP contribution is -2.03. The van der Waals surface area contributed by atoms with E-state index in [4.69, 9.17) is 9.84 Å². The van der Waals surface area contributed by atoms with Crippen LogP contribution in [0.15, 0.2) is 43.0 Å². The van der Waals surface area contributed by atoms with Gasteiger partial charge in [-0.05, 0) is 12.0 Å². The number of aliphatic hydroxyl groups excluding tert-OH is 1. The lowest BCUT2D eigenvalue weighted by Gasteiger charge is -2.13. The Balaban J connectivity index is 2.50. The van der Waals surface area contributed by atoms with Crippen molar-refractivity contribution in [3.63, 3.8) is 0 Å². The van der Waals surface area contributed by atoms with Crippen molar-refractivity contribution in [2.45, 2.75) is 12.5 Å². The van der Waals surface area contributed by atoms with E-state index in [0.717, 1.165) is 5.56 Å². The van der Waals surface area contributed by atoms with Crippen LogP contribution in [0.5, 0.6) is 0 Å². The first kappa shape index (κ1) is 11.0. The molecule has 0 aliphatic heterocycles. The van der Waals surface area contributed by atoms with Gasteiger partial charge in [0.2, 0.25) is 0 Å². The minimum Gasteiger partial charge on any atom is -0.396 e. The fourth-order valence-electron chi connectivity index (χ4n) is 1.22. The Bertz CT molecular complexity index is 256. The Kier molecular flexibility index (Phi) is 4.97. The Morgan fingerprint density at radius 3 is 2.64 bits per heavy atom. The first-order valence-electron chi connectivity index (χ1n) is 4.78. The molecule has 0 saturated heterocycles. The third-order valence-corrected chi connectivity index (χ3v) is 1.94. The lowest BCUT2D eigenvalue weighted by molar-refractivity contribution is 0.0732. The molecule has 2 heteroatoms. The maximum absolute atomic E-state index is 8.62. The van der Waals surface area contributed by atoms with Crippen molar-refractivity contribution in [2.24, 2.45) is 0 Å². The quantitative estimate of drug-likeness (QED) is 0.553. The van der Waals surface area contributed by atoms with E-state index in [1.807, 2.05) is 30.3 Å². The molecule has 0 aromatic heterocycles. The van der Waals surface area contributed by atoms with Crippen LogP contribution in [0.1, 0.15) is 18.1 Å². The van der Waals surface area contributed by atoms with Crippen LogP contribution in [0, 0.1) is 0 Å². The second kappa shape index (κ2) is 6.35. The molecule has 76 valence electrons. The van der Waals surface area contributed by atoms with Crippen molar-refractivity contribution < 1.29 is 9.84 Å². The summed E-state index contributed by atoms with van der Waals surface area (Å²) in [6.45, 7) is 4.45. The summed E-state index contributed by atoms with van der Waals surface area (Å²) in [4.78, 5) is 0. The average molecular weight is 192 g/mol. The molecule has 2 nitrogen and oxygen atoms in total. The molecule has 0 bridgehead atoms. The molecule has 1 aromatic rings. The molecule has 0 aliphatic carbocycles. The zero-order chi connectivity index (χ0) is 10.2. The van der Waals surface area contributed by atoms with Gasteiger partial charge in [-0.15, -0.1) is 6.58 Å². The largest absolute Gasteiger partial charge is 0.396 e. The Morgan fingerprint density at radius 2 is 2.07 bits per heavy atom. The van der Waals surface area contributed by atoms with Crippen LogP contribution in [0.2, 0.25) is 0 Å². The molecule has 0 saturated carbocycles. The summed E-state index contributed by atoms with van der Waals surface area (Å²) in [6.07, 6.45) is 2.37. The molecule has 0 heterocycles. The summed E-state index contributed by atoms with van der Waals surface area (Å²) in [6, 6.07) is 9.93. The average Bonchev–Trinajstić information content (AvgIpc) is 2.26. The molecule has 1 atom stereocenters. The van der Waals surface area contributed by atoms with E-state index in [-0.39, 0.29) is 12.7 Å². The fourth-order valence-corrected chi connectivity index (χ4v) is 1.22. The predicted molar refractivity (Wildman–Crippen MR) is 57.0 cm³/mol. The monoisotopic (exact) mass is 192 g/mol. The molecule has 0 fully saturated rings. The second-order valence-corrected chi connectivity index (χ2v) is 3.01. The standard InChI is InChI=1S/C12H16O2/c1-2-12(14-10-6-9-13)11-7-4-3-5-8-11/h2-5,7-8,12-13H,1,6,9-10H2. The van der Waals surface area contributed by atoms with Gasteiger partial charge in [0.25, 0.3) is 0 Å². The van der Waals surface area contributed by atoms with Gasteiger partial charge in [-0.1, -0.05) is 36.4 Å². The van der Waals surface area contributed by atoms with Gasteiger partial charge in [0.15, 0.2) is 0 Å². The summed E-state index contributed by atoms with van der Waals surface area (Å²) in [5.74, 6) is 0. The zero-order valence-corrected chi connectivity index (χ0v) is 8.23. The molecule has 14 heavy (non-hydrogen) atoms. The third kappa shape index (κ3) is 3.32. The summed E-state index contributed by atoms with van der Waals surface area (Å²) in [5.41, 5.74) is 1.10. The Morgan fingerprint density at radius 1 is 1.36 bits per heavy atom. The van der Waals surface area contributed by atoms with Crippen molar-refractivity contribution in [2.75, 3.05) is 13.2 Å². The van der Waals surface area contributed by atoms with Gasteiger partial charge in [0, 0.05) is 6.61 Å². The van der Waals surface area contributed by atoms with Crippen molar-refractivity contribution in [1.29, 1.82) is 0 Å². The van der Waals surface area contributed by atoms with Crippen LogP contribution >= 0.6 is 0 Å². The summed E-state index contributed by atoms with van der Waals surface area (Å²) in [7, 11) is 0. The van der Waals surface area contributed by atoms with Crippen molar-refractivity contribution in [1.82, 2.24) is 0 Å². The van der Waals surface area contributed by atoms with Gasteiger partial charge in [-0.25, -0.2) is 0 Å². The van der Waals surface area contributed by atoms with Crippen LogP contribution in [-0.2, 0) is 4.74 Å². The number of rotatable bonds is 6. The van der Waals surface area contributed by atoms with E-state index >= 15 is 0 Å². The number of benzene rings is 1. The second-order valence-electron chi connectivity index (χ2n) is 3.01. The predicted octanol–water partition coefficient (Wildman–Crippen LogP) is 2.31. The molecule has 0 spiro atoms. The SMILES string of the molecule is C=CC(OCCCO)c1ccccc1. The van der Waals surface area contributed by atoms with E-state index in [9.17, 15) is 0 Å². The van der Waals surface area contributed by atoms with E-state index in [0.29, 0.717) is 13.0 Å². The molecule has 1 N–H and O–H groups in total. The highest BCUT2D eigenvalue weighted by Gasteiger charge is 2.05. The van der Waals surface area contributed by atoms with Crippen LogP contribution in [0.3, 0.4) is 0 Å². The lowest BCUT2D eigenvalue weighted by atomic mass is 10.1. The first-order valence-corrected chi connectivity index (χ1v) is 4.78. The van der Waals surface area contributed by atoms with Gasteiger partial charge in [0.05, 0.1) is 6.61 Å². The molecular weight excluding hydrogens is 176 g/mol. The topological polar surface area (TPSA) is 29.5 Å². The number of ether oxygens (including phenoxy) is 1. The maximum atomic E-state index is 8.62. The van der Waals surface area contributed by atoms with Crippen LogP contribution in [0.25, 0.3) is 0 Å². The summed E-state index contributed by atoms with van der Waals surface area (Å²) < 4.78 is 5.54. The number of hydrogen-bond donors (Lipinski definition) is 1.